The van der Waals surface area contributed by atoms with Crippen LogP contribution in [-0.2, 0) is 4.79 Å². The molecule has 0 aromatic rings. The van der Waals surface area contributed by atoms with E-state index in [0.29, 0.717) is 11.7 Å². The molecule has 0 bridgehead atoms. The lowest BCUT2D eigenvalue weighted by Gasteiger charge is -2.09. The van der Waals surface area contributed by atoms with Crippen molar-refractivity contribution < 1.29 is 4.79 Å². The topological polar surface area (TPSA) is 17.1 Å². The van der Waals surface area contributed by atoms with E-state index in [1.165, 1.54) is 51.4 Å². The average molecular weight is 210 g/mol. The van der Waals surface area contributed by atoms with Crippen molar-refractivity contribution in [2.75, 3.05) is 0 Å². The van der Waals surface area contributed by atoms with E-state index in [1.807, 2.05) is 0 Å². The van der Waals surface area contributed by atoms with Gasteiger partial charge in [0.25, 0.3) is 0 Å². The SMILES string of the molecule is C[C@H]1CCCCCCCCCCCC1=O. The first-order valence-electron chi connectivity index (χ1n) is 6.83. The molecule has 0 amide bonds. The van der Waals surface area contributed by atoms with Gasteiger partial charge in [0.2, 0.25) is 0 Å². The third-order valence-corrected chi connectivity index (χ3v) is 3.61. The third-order valence-electron chi connectivity index (χ3n) is 3.61. The van der Waals surface area contributed by atoms with Crippen molar-refractivity contribution in [2.24, 2.45) is 5.92 Å². The molecule has 0 saturated heterocycles. The summed E-state index contributed by atoms with van der Waals surface area (Å²) in [6.07, 6.45) is 13.8. The van der Waals surface area contributed by atoms with Gasteiger partial charge in [0.1, 0.15) is 5.78 Å². The summed E-state index contributed by atoms with van der Waals surface area (Å²) < 4.78 is 0. The van der Waals surface area contributed by atoms with Gasteiger partial charge in [0.05, 0.1) is 0 Å². The molecule has 1 rings (SSSR count). The first-order valence-corrected chi connectivity index (χ1v) is 6.83. The summed E-state index contributed by atoms with van der Waals surface area (Å²) in [6, 6.07) is 0. The fourth-order valence-electron chi connectivity index (χ4n) is 2.39. The molecule has 0 aliphatic heterocycles. The largest absolute Gasteiger partial charge is 0.299 e. The molecule has 1 aliphatic rings. The number of hydrogen-bond acceptors (Lipinski definition) is 1. The molecular weight excluding hydrogens is 184 g/mol. The first kappa shape index (κ1) is 12.7. The summed E-state index contributed by atoms with van der Waals surface area (Å²) in [6.45, 7) is 2.11. The van der Waals surface area contributed by atoms with Crippen LogP contribution in [0.3, 0.4) is 0 Å². The van der Waals surface area contributed by atoms with Crippen LogP contribution < -0.4 is 0 Å². The molecule has 1 saturated carbocycles. The fourth-order valence-corrected chi connectivity index (χ4v) is 2.39. The van der Waals surface area contributed by atoms with Gasteiger partial charge >= 0.3 is 0 Å². The van der Waals surface area contributed by atoms with Gasteiger partial charge in [-0.3, -0.25) is 4.79 Å². The minimum atomic E-state index is 0.325. The second-order valence-electron chi connectivity index (χ2n) is 5.09. The lowest BCUT2D eigenvalue weighted by atomic mass is 9.95. The monoisotopic (exact) mass is 210 g/mol. The Labute approximate surface area is 94.6 Å². The third kappa shape index (κ3) is 5.96. The highest BCUT2D eigenvalue weighted by molar-refractivity contribution is 5.80. The molecule has 1 heteroatoms. The summed E-state index contributed by atoms with van der Waals surface area (Å²) in [5.41, 5.74) is 0. The lowest BCUT2D eigenvalue weighted by molar-refractivity contribution is -0.122. The van der Waals surface area contributed by atoms with Crippen LogP contribution in [0.15, 0.2) is 0 Å². The summed E-state index contributed by atoms with van der Waals surface area (Å²) >= 11 is 0. The zero-order valence-corrected chi connectivity index (χ0v) is 10.3. The molecule has 1 atom stereocenters. The highest BCUT2D eigenvalue weighted by Crippen LogP contribution is 2.18. The van der Waals surface area contributed by atoms with Crippen LogP contribution in [0.2, 0.25) is 0 Å². The van der Waals surface area contributed by atoms with Crippen molar-refractivity contribution in [2.45, 2.75) is 77.6 Å². The average Bonchev–Trinajstić information content (AvgIpc) is 2.25. The maximum Gasteiger partial charge on any atom is 0.135 e. The number of rotatable bonds is 0. The molecule has 1 aliphatic carbocycles. The van der Waals surface area contributed by atoms with E-state index >= 15 is 0 Å². The minimum absolute atomic E-state index is 0.325. The Bertz CT molecular complexity index is 174. The van der Waals surface area contributed by atoms with Crippen molar-refractivity contribution in [3.63, 3.8) is 0 Å². The second kappa shape index (κ2) is 7.90. The zero-order valence-electron chi connectivity index (χ0n) is 10.3. The van der Waals surface area contributed by atoms with Gasteiger partial charge in [0, 0.05) is 12.3 Å². The van der Waals surface area contributed by atoms with Crippen molar-refractivity contribution in [1.82, 2.24) is 0 Å². The molecule has 1 nitrogen and oxygen atoms in total. The molecule has 15 heavy (non-hydrogen) atoms. The van der Waals surface area contributed by atoms with E-state index in [2.05, 4.69) is 6.92 Å². The number of hydrogen-bond donors (Lipinski definition) is 0. The van der Waals surface area contributed by atoms with E-state index in [4.69, 9.17) is 0 Å². The van der Waals surface area contributed by atoms with Crippen molar-refractivity contribution in [1.29, 1.82) is 0 Å². The Morgan fingerprint density at radius 2 is 1.27 bits per heavy atom. The van der Waals surface area contributed by atoms with Gasteiger partial charge in [-0.15, -0.1) is 0 Å². The summed E-state index contributed by atoms with van der Waals surface area (Å²) in [4.78, 5) is 11.7. The van der Waals surface area contributed by atoms with Crippen molar-refractivity contribution in [3.05, 3.63) is 0 Å². The highest BCUT2D eigenvalue weighted by atomic mass is 16.1. The van der Waals surface area contributed by atoms with Crippen LogP contribution in [0.4, 0.5) is 0 Å². The van der Waals surface area contributed by atoms with Gasteiger partial charge in [-0.25, -0.2) is 0 Å². The van der Waals surface area contributed by atoms with Gasteiger partial charge in [-0.1, -0.05) is 58.3 Å². The molecule has 0 unspecified atom stereocenters. The Hall–Kier alpha value is -0.330. The Kier molecular flexibility index (Phi) is 6.71. The fraction of sp³-hybridized carbons (Fsp3) is 0.929. The van der Waals surface area contributed by atoms with Crippen molar-refractivity contribution in [3.8, 4) is 0 Å². The molecule has 0 heterocycles. The molecule has 0 aromatic heterocycles. The molecule has 1 fully saturated rings. The normalized spacial score (nSPS) is 27.5. The van der Waals surface area contributed by atoms with Gasteiger partial charge in [-0.2, -0.15) is 0 Å². The van der Waals surface area contributed by atoms with Gasteiger partial charge in [0.15, 0.2) is 0 Å². The standard InChI is InChI=1S/C14H26O/c1-13-11-9-7-5-3-2-4-6-8-10-12-14(13)15/h13H,2-12H2,1H3/t13-/m0/s1. The van der Waals surface area contributed by atoms with E-state index in [-0.39, 0.29) is 0 Å². The van der Waals surface area contributed by atoms with Gasteiger partial charge < -0.3 is 0 Å². The quantitative estimate of drug-likeness (QED) is 0.575. The second-order valence-corrected chi connectivity index (χ2v) is 5.09. The zero-order chi connectivity index (χ0) is 10.9. The van der Waals surface area contributed by atoms with Crippen LogP contribution in [-0.4, -0.2) is 5.78 Å². The number of Topliss-reactive ketones (excluding diaryl/α,β-unsaturated/α-hetero) is 1. The summed E-state index contributed by atoms with van der Waals surface area (Å²) in [5, 5.41) is 0. The van der Waals surface area contributed by atoms with E-state index in [1.54, 1.807) is 0 Å². The van der Waals surface area contributed by atoms with Crippen LogP contribution in [0, 0.1) is 5.92 Å². The molecule has 88 valence electrons. The highest BCUT2D eigenvalue weighted by Gasteiger charge is 2.12. The van der Waals surface area contributed by atoms with E-state index in [0.717, 1.165) is 19.3 Å². The predicted octanol–water partition coefficient (Wildman–Crippen LogP) is 4.50. The Morgan fingerprint density at radius 3 is 1.87 bits per heavy atom. The number of carbonyl (C=O) groups is 1. The molecule has 0 spiro atoms. The molecule has 0 radical (unpaired) electrons. The van der Waals surface area contributed by atoms with E-state index in [9.17, 15) is 4.79 Å². The number of ketones is 1. The molecule has 0 aromatic carbocycles. The lowest BCUT2D eigenvalue weighted by Crippen LogP contribution is -2.10. The first-order chi connectivity index (χ1) is 7.30. The Morgan fingerprint density at radius 1 is 0.800 bits per heavy atom. The van der Waals surface area contributed by atoms with Crippen LogP contribution in [0.5, 0.6) is 0 Å². The van der Waals surface area contributed by atoms with Crippen LogP contribution in [0.1, 0.15) is 77.6 Å². The van der Waals surface area contributed by atoms with Crippen LogP contribution in [0.25, 0.3) is 0 Å². The smallest absolute Gasteiger partial charge is 0.135 e. The van der Waals surface area contributed by atoms with Crippen LogP contribution >= 0.6 is 0 Å². The Balaban J connectivity index is 2.27. The number of carbonyl (C=O) groups excluding carboxylic acids is 1. The van der Waals surface area contributed by atoms with E-state index < -0.39 is 0 Å². The minimum Gasteiger partial charge on any atom is -0.299 e. The van der Waals surface area contributed by atoms with Gasteiger partial charge in [-0.05, 0) is 12.8 Å². The maximum atomic E-state index is 11.7. The maximum absolute atomic E-state index is 11.7. The molecular formula is C14H26O. The summed E-state index contributed by atoms with van der Waals surface area (Å²) in [7, 11) is 0. The van der Waals surface area contributed by atoms with Crippen molar-refractivity contribution >= 4 is 5.78 Å². The predicted molar refractivity (Wildman–Crippen MR) is 65.0 cm³/mol. The summed E-state index contributed by atoms with van der Waals surface area (Å²) in [5.74, 6) is 0.833. The molecule has 0 N–H and O–H groups in total.